The average Bonchev–Trinajstić information content (AvgIpc) is 2.71. The van der Waals surface area contributed by atoms with E-state index in [1.807, 2.05) is 30.3 Å². The van der Waals surface area contributed by atoms with Crippen molar-refractivity contribution < 1.29 is 13.5 Å². The molecule has 1 aliphatic heterocycles. The highest BCUT2D eigenvalue weighted by atomic mass is 35.5. The van der Waals surface area contributed by atoms with E-state index >= 15 is 0 Å². The van der Waals surface area contributed by atoms with Crippen molar-refractivity contribution >= 4 is 12.4 Å². The lowest BCUT2D eigenvalue weighted by Crippen LogP contribution is -2.35. The third-order valence-electron chi connectivity index (χ3n) is 5.47. The second-order valence-corrected chi connectivity index (χ2v) is 7.35. The van der Waals surface area contributed by atoms with Crippen molar-refractivity contribution in [2.45, 2.75) is 32.1 Å². The summed E-state index contributed by atoms with van der Waals surface area (Å²) in [7, 11) is 0. The van der Waals surface area contributed by atoms with E-state index in [1.165, 1.54) is 36.1 Å². The van der Waals surface area contributed by atoms with E-state index in [0.29, 0.717) is 0 Å². The predicted octanol–water partition coefficient (Wildman–Crippen LogP) is 5.48. The van der Waals surface area contributed by atoms with Crippen LogP contribution in [0.15, 0.2) is 48.5 Å². The third kappa shape index (κ3) is 7.06. The molecule has 1 saturated heterocycles. The highest BCUT2D eigenvalue weighted by Gasteiger charge is 2.19. The molecule has 1 heterocycles. The molecule has 0 aromatic heterocycles. The minimum atomic E-state index is -0.454. The number of alkyl halides is 1. The van der Waals surface area contributed by atoms with Crippen LogP contribution in [0.5, 0.6) is 5.75 Å². The van der Waals surface area contributed by atoms with Gasteiger partial charge in [-0.1, -0.05) is 30.3 Å². The summed E-state index contributed by atoms with van der Waals surface area (Å²) in [6.07, 6.45) is 5.56. The Balaban J connectivity index is 0.00000280. The molecule has 0 saturated carbocycles. The molecule has 154 valence electrons. The van der Waals surface area contributed by atoms with Gasteiger partial charge in [-0.05, 0) is 80.4 Å². The number of hydrogen-bond donors (Lipinski definition) is 0. The Morgan fingerprint density at radius 1 is 0.964 bits per heavy atom. The van der Waals surface area contributed by atoms with Crippen LogP contribution in [0.3, 0.4) is 0 Å². The monoisotopic (exact) mass is 409 g/mol. The summed E-state index contributed by atoms with van der Waals surface area (Å²) < 4.78 is 30.9. The number of piperidine rings is 1. The highest BCUT2D eigenvalue weighted by Crippen LogP contribution is 2.26. The Morgan fingerprint density at radius 2 is 1.68 bits per heavy atom. The first kappa shape index (κ1) is 22.6. The fraction of sp³-hybridized carbons (Fsp3) is 0.478. The summed E-state index contributed by atoms with van der Waals surface area (Å²) >= 11 is 0. The predicted molar refractivity (Wildman–Crippen MR) is 113 cm³/mol. The number of rotatable bonds is 9. The minimum Gasteiger partial charge on any atom is -0.491 e. The summed E-state index contributed by atoms with van der Waals surface area (Å²) in [5.41, 5.74) is 2.38. The number of nitrogens with zero attached hydrogens (tertiary/aromatic N) is 1. The maximum absolute atomic E-state index is 13.0. The standard InChI is InChI=1S/C23H29F2NO.ClH/c24-14-18-27-23-4-2-1-3-21(23)8-5-20-12-16-26(17-13-20)15-11-19-6-9-22(25)10-7-19;/h1-4,6-7,9-10,20H,5,8,11-18H2;1H. The average molecular weight is 410 g/mol. The molecule has 2 nitrogen and oxygen atoms in total. The van der Waals surface area contributed by atoms with E-state index < -0.39 is 6.67 Å². The van der Waals surface area contributed by atoms with Crippen molar-refractivity contribution in [2.75, 3.05) is 32.9 Å². The van der Waals surface area contributed by atoms with Crippen LogP contribution >= 0.6 is 12.4 Å². The Kier molecular flexibility index (Phi) is 9.72. The van der Waals surface area contributed by atoms with Gasteiger partial charge in [-0.25, -0.2) is 8.78 Å². The van der Waals surface area contributed by atoms with Gasteiger partial charge in [-0.2, -0.15) is 0 Å². The van der Waals surface area contributed by atoms with E-state index in [2.05, 4.69) is 11.0 Å². The quantitative estimate of drug-likeness (QED) is 0.543. The Labute approximate surface area is 173 Å². The maximum atomic E-state index is 13.0. The van der Waals surface area contributed by atoms with E-state index in [-0.39, 0.29) is 24.8 Å². The van der Waals surface area contributed by atoms with Gasteiger partial charge in [0, 0.05) is 6.54 Å². The van der Waals surface area contributed by atoms with Crippen molar-refractivity contribution in [2.24, 2.45) is 5.92 Å². The van der Waals surface area contributed by atoms with Gasteiger partial charge in [0.25, 0.3) is 0 Å². The second kappa shape index (κ2) is 12.0. The SMILES string of the molecule is Cl.FCCOc1ccccc1CCC1CCN(CCc2ccc(F)cc2)CC1. The summed E-state index contributed by atoms with van der Waals surface area (Å²) in [5, 5.41) is 0. The molecule has 0 unspecified atom stereocenters. The van der Waals surface area contributed by atoms with Crippen molar-refractivity contribution in [3.8, 4) is 5.75 Å². The van der Waals surface area contributed by atoms with Gasteiger partial charge >= 0.3 is 0 Å². The number of likely N-dealkylation sites (tertiary alicyclic amines) is 1. The van der Waals surface area contributed by atoms with Crippen LogP contribution in [0.2, 0.25) is 0 Å². The first-order valence-electron chi connectivity index (χ1n) is 9.98. The van der Waals surface area contributed by atoms with Crippen LogP contribution in [0.1, 0.15) is 30.4 Å². The van der Waals surface area contributed by atoms with E-state index in [1.54, 1.807) is 0 Å². The molecule has 0 radical (unpaired) electrons. The molecule has 2 aromatic carbocycles. The topological polar surface area (TPSA) is 12.5 Å². The lowest BCUT2D eigenvalue weighted by atomic mass is 9.90. The molecule has 0 bridgehead atoms. The Morgan fingerprint density at radius 3 is 2.39 bits per heavy atom. The Hall–Kier alpha value is -1.65. The number of para-hydroxylation sites is 1. The molecule has 0 spiro atoms. The molecule has 5 heteroatoms. The lowest BCUT2D eigenvalue weighted by Gasteiger charge is -2.32. The highest BCUT2D eigenvalue weighted by molar-refractivity contribution is 5.85. The second-order valence-electron chi connectivity index (χ2n) is 7.35. The first-order valence-corrected chi connectivity index (χ1v) is 9.98. The zero-order chi connectivity index (χ0) is 18.9. The summed E-state index contributed by atoms with van der Waals surface area (Å²) in [6.45, 7) is 2.98. The fourth-order valence-electron chi connectivity index (χ4n) is 3.80. The van der Waals surface area contributed by atoms with Crippen molar-refractivity contribution in [3.63, 3.8) is 0 Å². The molecule has 2 aromatic rings. The van der Waals surface area contributed by atoms with Crippen molar-refractivity contribution in [1.82, 2.24) is 4.90 Å². The zero-order valence-corrected chi connectivity index (χ0v) is 17.1. The van der Waals surface area contributed by atoms with Gasteiger partial charge < -0.3 is 9.64 Å². The number of hydrogen-bond acceptors (Lipinski definition) is 2. The molecule has 0 N–H and O–H groups in total. The summed E-state index contributed by atoms with van der Waals surface area (Å²) in [6, 6.07) is 14.8. The van der Waals surface area contributed by atoms with E-state index in [0.717, 1.165) is 50.6 Å². The van der Waals surface area contributed by atoms with Crippen LogP contribution < -0.4 is 4.74 Å². The Bertz CT molecular complexity index is 687. The molecule has 28 heavy (non-hydrogen) atoms. The van der Waals surface area contributed by atoms with Crippen molar-refractivity contribution in [1.29, 1.82) is 0 Å². The van der Waals surface area contributed by atoms with Crippen molar-refractivity contribution in [3.05, 3.63) is 65.5 Å². The largest absolute Gasteiger partial charge is 0.491 e. The zero-order valence-electron chi connectivity index (χ0n) is 16.3. The minimum absolute atomic E-state index is 0. The number of aryl methyl sites for hydroxylation is 1. The smallest absolute Gasteiger partial charge is 0.123 e. The van der Waals surface area contributed by atoms with Crippen LogP contribution in [0.4, 0.5) is 8.78 Å². The molecule has 0 atom stereocenters. The van der Waals surface area contributed by atoms with Crippen LogP contribution in [0.25, 0.3) is 0 Å². The third-order valence-corrected chi connectivity index (χ3v) is 5.47. The molecule has 0 aliphatic carbocycles. The molecule has 1 fully saturated rings. The van der Waals surface area contributed by atoms with E-state index in [4.69, 9.17) is 4.74 Å². The van der Waals surface area contributed by atoms with Crippen LogP contribution in [-0.4, -0.2) is 37.8 Å². The van der Waals surface area contributed by atoms with Gasteiger partial charge in [0.2, 0.25) is 0 Å². The maximum Gasteiger partial charge on any atom is 0.123 e. The first-order chi connectivity index (χ1) is 13.2. The lowest BCUT2D eigenvalue weighted by molar-refractivity contribution is 0.180. The van der Waals surface area contributed by atoms with Gasteiger partial charge in [0.1, 0.15) is 24.8 Å². The van der Waals surface area contributed by atoms with Gasteiger partial charge in [0.15, 0.2) is 0 Å². The molecular weight excluding hydrogens is 380 g/mol. The fourth-order valence-corrected chi connectivity index (χ4v) is 3.80. The van der Waals surface area contributed by atoms with Gasteiger partial charge in [-0.15, -0.1) is 12.4 Å². The normalized spacial score (nSPS) is 15.2. The molecule has 0 amide bonds. The summed E-state index contributed by atoms with van der Waals surface area (Å²) in [4.78, 5) is 2.51. The summed E-state index contributed by atoms with van der Waals surface area (Å²) in [5.74, 6) is 1.39. The molecule has 1 aliphatic rings. The number of ether oxygens (including phenoxy) is 1. The van der Waals surface area contributed by atoms with Crippen LogP contribution in [0, 0.1) is 11.7 Å². The number of benzene rings is 2. The molecule has 3 rings (SSSR count). The van der Waals surface area contributed by atoms with Crippen LogP contribution in [-0.2, 0) is 12.8 Å². The van der Waals surface area contributed by atoms with Gasteiger partial charge in [-0.3, -0.25) is 0 Å². The van der Waals surface area contributed by atoms with Gasteiger partial charge in [0.05, 0.1) is 0 Å². The van der Waals surface area contributed by atoms with E-state index in [9.17, 15) is 8.78 Å². The number of halogens is 3. The molecular formula is C23H30ClF2NO.